The highest BCUT2D eigenvalue weighted by Crippen LogP contribution is 2.28. The van der Waals surface area contributed by atoms with E-state index in [4.69, 9.17) is 4.74 Å². The smallest absolute Gasteiger partial charge is 0.120 e. The van der Waals surface area contributed by atoms with Gasteiger partial charge in [-0.05, 0) is 69.4 Å². The fourth-order valence-electron chi connectivity index (χ4n) is 2.87. The van der Waals surface area contributed by atoms with E-state index < -0.39 is 0 Å². The van der Waals surface area contributed by atoms with E-state index in [1.54, 1.807) is 0 Å². The molecule has 0 amide bonds. The van der Waals surface area contributed by atoms with E-state index in [9.17, 15) is 0 Å². The summed E-state index contributed by atoms with van der Waals surface area (Å²) in [6.07, 6.45) is 5.45. The highest BCUT2D eigenvalue weighted by molar-refractivity contribution is 9.10. The van der Waals surface area contributed by atoms with Crippen molar-refractivity contribution in [2.75, 3.05) is 32.8 Å². The molecule has 1 saturated carbocycles. The standard InChI is InChI=1S/C17H25BrN2O/c18-15-2-1-3-17(12-15)21-11-10-20-8-6-16(7-9-20)19-13-14-4-5-14/h1-3,12,14,16,19H,4-11,13H2. The Morgan fingerprint density at radius 1 is 1.19 bits per heavy atom. The third-order valence-corrected chi connectivity index (χ3v) is 4.95. The van der Waals surface area contributed by atoms with Crippen molar-refractivity contribution in [3.8, 4) is 5.75 Å². The lowest BCUT2D eigenvalue weighted by Crippen LogP contribution is -2.44. The highest BCUT2D eigenvalue weighted by Gasteiger charge is 2.24. The van der Waals surface area contributed by atoms with Crippen molar-refractivity contribution in [2.45, 2.75) is 31.7 Å². The Morgan fingerprint density at radius 3 is 2.71 bits per heavy atom. The van der Waals surface area contributed by atoms with Gasteiger partial charge < -0.3 is 10.1 Å². The molecule has 116 valence electrons. The number of halogens is 1. The molecule has 0 bridgehead atoms. The van der Waals surface area contributed by atoms with Crippen molar-refractivity contribution >= 4 is 15.9 Å². The van der Waals surface area contributed by atoms with Crippen LogP contribution in [-0.4, -0.2) is 43.7 Å². The highest BCUT2D eigenvalue weighted by atomic mass is 79.9. The van der Waals surface area contributed by atoms with Crippen molar-refractivity contribution in [2.24, 2.45) is 5.92 Å². The number of hydrogen-bond donors (Lipinski definition) is 1. The number of ether oxygens (including phenoxy) is 1. The van der Waals surface area contributed by atoms with Gasteiger partial charge in [-0.3, -0.25) is 4.90 Å². The van der Waals surface area contributed by atoms with Gasteiger partial charge in [0.05, 0.1) is 0 Å². The van der Waals surface area contributed by atoms with Crippen molar-refractivity contribution in [3.63, 3.8) is 0 Å². The Hall–Kier alpha value is -0.580. The SMILES string of the molecule is Brc1cccc(OCCN2CCC(NCC3CC3)CC2)c1. The first-order valence-corrected chi connectivity index (χ1v) is 8.93. The fourth-order valence-corrected chi connectivity index (χ4v) is 3.24. The number of nitrogens with zero attached hydrogens (tertiary/aromatic N) is 1. The molecule has 1 aliphatic carbocycles. The van der Waals surface area contributed by atoms with Gasteiger partial charge in [0.15, 0.2) is 0 Å². The Morgan fingerprint density at radius 2 is 2.00 bits per heavy atom. The molecular weight excluding hydrogens is 328 g/mol. The Balaban J connectivity index is 1.30. The summed E-state index contributed by atoms with van der Waals surface area (Å²) in [5, 5.41) is 3.73. The maximum absolute atomic E-state index is 5.82. The number of piperidine rings is 1. The van der Waals surface area contributed by atoms with E-state index in [1.165, 1.54) is 45.3 Å². The number of nitrogens with one attached hydrogen (secondary N) is 1. The first-order chi connectivity index (χ1) is 10.3. The lowest BCUT2D eigenvalue weighted by molar-refractivity contribution is 0.164. The Bertz CT molecular complexity index is 442. The van der Waals surface area contributed by atoms with E-state index in [-0.39, 0.29) is 0 Å². The molecule has 3 rings (SSSR count). The maximum Gasteiger partial charge on any atom is 0.120 e. The van der Waals surface area contributed by atoms with Gasteiger partial charge in [0.25, 0.3) is 0 Å². The molecule has 0 radical (unpaired) electrons. The summed E-state index contributed by atoms with van der Waals surface area (Å²) < 4.78 is 6.89. The molecule has 1 aromatic carbocycles. The van der Waals surface area contributed by atoms with Gasteiger partial charge >= 0.3 is 0 Å². The number of hydrogen-bond acceptors (Lipinski definition) is 3. The summed E-state index contributed by atoms with van der Waals surface area (Å²) in [5.41, 5.74) is 0. The average Bonchev–Trinajstić information content (AvgIpc) is 3.31. The zero-order chi connectivity index (χ0) is 14.5. The molecule has 2 aliphatic rings. The van der Waals surface area contributed by atoms with Gasteiger partial charge in [0.2, 0.25) is 0 Å². The molecule has 1 aliphatic heterocycles. The third kappa shape index (κ3) is 5.28. The fraction of sp³-hybridized carbons (Fsp3) is 0.647. The van der Waals surface area contributed by atoms with E-state index in [2.05, 4.69) is 26.1 Å². The molecule has 3 nitrogen and oxygen atoms in total. The Kier molecular flexibility index (Phi) is 5.55. The quantitative estimate of drug-likeness (QED) is 0.814. The molecule has 2 fully saturated rings. The lowest BCUT2D eigenvalue weighted by atomic mass is 10.0. The van der Waals surface area contributed by atoms with Crippen molar-refractivity contribution < 1.29 is 4.74 Å². The molecule has 4 heteroatoms. The van der Waals surface area contributed by atoms with Crippen molar-refractivity contribution in [1.29, 1.82) is 0 Å². The average molecular weight is 353 g/mol. The Labute approximate surface area is 136 Å². The predicted octanol–water partition coefficient (Wildman–Crippen LogP) is 3.29. The number of likely N-dealkylation sites (tertiary alicyclic amines) is 1. The van der Waals surface area contributed by atoms with Gasteiger partial charge in [-0.25, -0.2) is 0 Å². The third-order valence-electron chi connectivity index (χ3n) is 4.45. The van der Waals surface area contributed by atoms with Crippen LogP contribution in [0.25, 0.3) is 0 Å². The van der Waals surface area contributed by atoms with Crippen LogP contribution in [0.1, 0.15) is 25.7 Å². The second-order valence-corrected chi connectivity index (χ2v) is 7.19. The predicted molar refractivity (Wildman–Crippen MR) is 89.8 cm³/mol. The van der Waals surface area contributed by atoms with Crippen LogP contribution in [0.5, 0.6) is 5.75 Å². The maximum atomic E-state index is 5.82. The van der Waals surface area contributed by atoms with Gasteiger partial charge in [0.1, 0.15) is 12.4 Å². The topological polar surface area (TPSA) is 24.5 Å². The molecule has 1 aromatic rings. The summed E-state index contributed by atoms with van der Waals surface area (Å²) in [6.45, 7) is 5.45. The van der Waals surface area contributed by atoms with E-state index in [1.807, 2.05) is 24.3 Å². The van der Waals surface area contributed by atoms with E-state index in [0.717, 1.165) is 35.3 Å². The van der Waals surface area contributed by atoms with Crippen LogP contribution in [0.3, 0.4) is 0 Å². The van der Waals surface area contributed by atoms with E-state index >= 15 is 0 Å². The molecule has 1 heterocycles. The minimum atomic E-state index is 0.743. The second kappa shape index (κ2) is 7.61. The van der Waals surface area contributed by atoms with Gasteiger partial charge in [0, 0.05) is 17.1 Å². The van der Waals surface area contributed by atoms with Crippen LogP contribution >= 0.6 is 15.9 Å². The van der Waals surface area contributed by atoms with Crippen LogP contribution in [-0.2, 0) is 0 Å². The van der Waals surface area contributed by atoms with Gasteiger partial charge in [-0.2, -0.15) is 0 Å². The zero-order valence-corrected chi connectivity index (χ0v) is 14.1. The van der Waals surface area contributed by atoms with Crippen LogP contribution in [0, 0.1) is 5.92 Å². The summed E-state index contributed by atoms with van der Waals surface area (Å²) in [6, 6.07) is 8.81. The first-order valence-electron chi connectivity index (χ1n) is 8.14. The zero-order valence-electron chi connectivity index (χ0n) is 12.6. The minimum Gasteiger partial charge on any atom is -0.492 e. The molecule has 1 N–H and O–H groups in total. The summed E-state index contributed by atoms with van der Waals surface area (Å²) in [7, 11) is 0. The van der Waals surface area contributed by atoms with Gasteiger partial charge in [-0.1, -0.05) is 22.0 Å². The normalized spacial score (nSPS) is 20.6. The number of benzene rings is 1. The van der Waals surface area contributed by atoms with Crippen LogP contribution in [0.2, 0.25) is 0 Å². The minimum absolute atomic E-state index is 0.743. The lowest BCUT2D eigenvalue weighted by Gasteiger charge is -2.32. The summed E-state index contributed by atoms with van der Waals surface area (Å²) in [5.74, 6) is 1.94. The van der Waals surface area contributed by atoms with Crippen molar-refractivity contribution in [1.82, 2.24) is 10.2 Å². The molecule has 0 atom stereocenters. The summed E-state index contributed by atoms with van der Waals surface area (Å²) in [4.78, 5) is 2.52. The van der Waals surface area contributed by atoms with Crippen LogP contribution < -0.4 is 10.1 Å². The van der Waals surface area contributed by atoms with Crippen molar-refractivity contribution in [3.05, 3.63) is 28.7 Å². The van der Waals surface area contributed by atoms with E-state index in [0.29, 0.717) is 0 Å². The molecular formula is C17H25BrN2O. The monoisotopic (exact) mass is 352 g/mol. The second-order valence-electron chi connectivity index (χ2n) is 6.27. The van der Waals surface area contributed by atoms with Crippen LogP contribution in [0.4, 0.5) is 0 Å². The molecule has 0 unspecified atom stereocenters. The number of rotatable bonds is 7. The van der Waals surface area contributed by atoms with Crippen LogP contribution in [0.15, 0.2) is 28.7 Å². The van der Waals surface area contributed by atoms with Gasteiger partial charge in [-0.15, -0.1) is 0 Å². The summed E-state index contributed by atoms with van der Waals surface area (Å²) >= 11 is 3.47. The molecule has 21 heavy (non-hydrogen) atoms. The molecule has 1 saturated heterocycles. The molecule has 0 spiro atoms. The molecule has 0 aromatic heterocycles. The first kappa shape index (κ1) is 15.3. The largest absolute Gasteiger partial charge is 0.492 e.